The van der Waals surface area contributed by atoms with E-state index in [-0.39, 0.29) is 22.5 Å². The van der Waals surface area contributed by atoms with Crippen molar-refractivity contribution in [3.8, 4) is 0 Å². The second-order valence-corrected chi connectivity index (χ2v) is 17.4. The summed E-state index contributed by atoms with van der Waals surface area (Å²) in [6.45, 7) is 6.22. The predicted octanol–water partition coefficient (Wildman–Crippen LogP) is 6.58. The quantitative estimate of drug-likeness (QED) is 0.0388. The summed E-state index contributed by atoms with van der Waals surface area (Å²) >= 11 is 5.43. The van der Waals surface area contributed by atoms with Gasteiger partial charge in [-0.1, -0.05) is 133 Å². The lowest BCUT2D eigenvalue weighted by Crippen LogP contribution is -2.71. The molecule has 16 heteroatoms. The van der Waals surface area contributed by atoms with Crippen LogP contribution in [-0.2, 0) is 30.2 Å². The number of β-lactam (4-membered cyclic amide) rings is 1. The molecule has 282 valence electrons. The standard InChI is InChI=1S/C39H37N7O5S4/c1-38(2,3)31-33(43-45-55-31)52-20-23-21-53-35-29(34(48)46(35)30(23)36(49)50)41-32(47)28(44-51-4)27-22-54-37(40-27)42-39(24-14-8-5-9-15-24,25-16-10-6-11-17-25)26-18-12-7-13-19-26/h5-19,22,29,35H,20-21H2,1-4H3,(H,40,42)(H,41,47)(H,49,50). The van der Waals surface area contributed by atoms with Gasteiger partial charge in [-0.3, -0.25) is 14.5 Å². The first-order valence-electron chi connectivity index (χ1n) is 17.2. The summed E-state index contributed by atoms with van der Waals surface area (Å²) in [6, 6.07) is 29.2. The van der Waals surface area contributed by atoms with Crippen molar-refractivity contribution in [2.45, 2.75) is 48.2 Å². The van der Waals surface area contributed by atoms with Gasteiger partial charge in [0, 0.05) is 22.3 Å². The zero-order chi connectivity index (χ0) is 38.7. The smallest absolute Gasteiger partial charge is 0.352 e. The van der Waals surface area contributed by atoms with Gasteiger partial charge in [0.15, 0.2) is 10.8 Å². The van der Waals surface area contributed by atoms with Gasteiger partial charge in [-0.2, -0.15) is 0 Å². The van der Waals surface area contributed by atoms with Gasteiger partial charge >= 0.3 is 5.97 Å². The topological polar surface area (TPSA) is 159 Å². The number of aliphatic carboxylic acids is 1. The van der Waals surface area contributed by atoms with Crippen molar-refractivity contribution in [3.05, 3.63) is 135 Å². The lowest BCUT2D eigenvalue weighted by Gasteiger charge is -2.49. The molecule has 0 saturated carbocycles. The minimum atomic E-state index is -1.20. The Bertz CT molecular complexity index is 2160. The molecule has 0 radical (unpaired) electrons. The van der Waals surface area contributed by atoms with Gasteiger partial charge in [0.25, 0.3) is 11.8 Å². The Morgan fingerprint density at radius 2 is 1.58 bits per heavy atom. The van der Waals surface area contributed by atoms with E-state index in [1.165, 1.54) is 58.4 Å². The largest absolute Gasteiger partial charge is 0.477 e. The van der Waals surface area contributed by atoms with E-state index in [1.54, 1.807) is 5.38 Å². The average Bonchev–Trinajstić information content (AvgIpc) is 3.88. The van der Waals surface area contributed by atoms with E-state index in [1.807, 2.05) is 54.6 Å². The van der Waals surface area contributed by atoms with Gasteiger partial charge in [0.05, 0.1) is 4.88 Å². The lowest BCUT2D eigenvalue weighted by atomic mass is 9.77. The number of benzene rings is 3. The number of amides is 2. The van der Waals surface area contributed by atoms with Gasteiger partial charge in [-0.25, -0.2) is 9.78 Å². The molecular formula is C39H37N7O5S4. The zero-order valence-electron chi connectivity index (χ0n) is 30.3. The number of oxime groups is 1. The van der Waals surface area contributed by atoms with Crippen molar-refractivity contribution < 1.29 is 24.3 Å². The third-order valence-electron chi connectivity index (χ3n) is 9.12. The molecule has 55 heavy (non-hydrogen) atoms. The highest BCUT2D eigenvalue weighted by Crippen LogP contribution is 2.43. The summed E-state index contributed by atoms with van der Waals surface area (Å²) in [6.07, 6.45) is 0. The number of carboxylic acid groups (broad SMARTS) is 1. The molecule has 2 aliphatic heterocycles. The monoisotopic (exact) mass is 811 g/mol. The van der Waals surface area contributed by atoms with Crippen LogP contribution in [0.15, 0.2) is 118 Å². The summed E-state index contributed by atoms with van der Waals surface area (Å²) in [4.78, 5) is 52.1. The number of carbonyl (C=O) groups is 3. The molecule has 12 nitrogen and oxygen atoms in total. The highest BCUT2D eigenvalue weighted by molar-refractivity contribution is 8.01. The molecule has 2 atom stereocenters. The molecule has 2 amide bonds. The summed E-state index contributed by atoms with van der Waals surface area (Å²) in [7, 11) is 1.33. The first kappa shape index (κ1) is 38.3. The molecule has 3 N–H and O–H groups in total. The van der Waals surface area contributed by atoms with Crippen molar-refractivity contribution in [1.29, 1.82) is 0 Å². The Morgan fingerprint density at radius 1 is 0.982 bits per heavy atom. The van der Waals surface area contributed by atoms with Crippen LogP contribution >= 0.6 is 46.4 Å². The van der Waals surface area contributed by atoms with Crippen LogP contribution in [0.5, 0.6) is 0 Å². The molecule has 0 spiro atoms. The fourth-order valence-corrected chi connectivity index (χ4v) is 10.8. The molecule has 5 aromatic rings. The van der Waals surface area contributed by atoms with Crippen LogP contribution < -0.4 is 10.6 Å². The Kier molecular flexibility index (Phi) is 11.1. The molecule has 0 aliphatic carbocycles. The minimum Gasteiger partial charge on any atom is -0.477 e. The van der Waals surface area contributed by atoms with E-state index in [0.29, 0.717) is 22.2 Å². The highest BCUT2D eigenvalue weighted by atomic mass is 32.2. The van der Waals surface area contributed by atoms with Crippen LogP contribution in [0.3, 0.4) is 0 Å². The average molecular weight is 812 g/mol. The van der Waals surface area contributed by atoms with Crippen LogP contribution in [0.25, 0.3) is 0 Å². The second kappa shape index (κ2) is 16.0. The number of carboxylic acids is 1. The van der Waals surface area contributed by atoms with E-state index in [0.717, 1.165) is 26.6 Å². The molecule has 2 aromatic heterocycles. The predicted molar refractivity (Wildman–Crippen MR) is 218 cm³/mol. The van der Waals surface area contributed by atoms with Gasteiger partial charge in [-0.05, 0) is 33.8 Å². The summed E-state index contributed by atoms with van der Waals surface area (Å²) in [5.74, 6) is -1.70. The third-order valence-corrected chi connectivity index (χ3v) is 13.5. The molecule has 2 unspecified atom stereocenters. The Hall–Kier alpha value is -5.03. The number of carbonyl (C=O) groups excluding carboxylic acids is 2. The Morgan fingerprint density at radius 3 is 2.13 bits per heavy atom. The van der Waals surface area contributed by atoms with Crippen molar-refractivity contribution in [2.24, 2.45) is 5.16 Å². The van der Waals surface area contributed by atoms with Crippen LogP contribution in [0, 0.1) is 0 Å². The number of rotatable bonds is 13. The maximum Gasteiger partial charge on any atom is 0.352 e. The number of fused-ring (bicyclic) bond motifs is 1. The van der Waals surface area contributed by atoms with Gasteiger partial charge in [0.2, 0.25) is 0 Å². The number of anilines is 1. The molecule has 0 bridgehead atoms. The highest BCUT2D eigenvalue weighted by Gasteiger charge is 2.54. The maximum absolute atomic E-state index is 13.8. The maximum atomic E-state index is 13.8. The number of thiazole rings is 1. The SMILES string of the molecule is CON=C(C(=O)NC1C(=O)N2C(C(=O)O)=C(CSc3nnsc3C(C)(C)C)CSC12)c1csc(NC(c2ccccc2)(c2ccccc2)c2ccccc2)n1. The molecule has 1 fully saturated rings. The van der Waals surface area contributed by atoms with Crippen molar-refractivity contribution in [3.63, 3.8) is 0 Å². The fourth-order valence-electron chi connectivity index (χ4n) is 6.57. The van der Waals surface area contributed by atoms with Crippen LogP contribution in [0.1, 0.15) is 48.0 Å². The Labute approximate surface area is 334 Å². The first-order chi connectivity index (χ1) is 26.5. The third kappa shape index (κ3) is 7.51. The van der Waals surface area contributed by atoms with Crippen molar-refractivity contribution >= 4 is 75.0 Å². The Balaban J connectivity index is 1.11. The summed E-state index contributed by atoms with van der Waals surface area (Å²) < 4.78 is 4.10. The number of hydrogen-bond acceptors (Lipinski definition) is 13. The second-order valence-electron chi connectivity index (χ2n) is 13.7. The molecule has 4 heterocycles. The number of aromatic nitrogens is 3. The van der Waals surface area contributed by atoms with Gasteiger partial charge in [-0.15, -0.1) is 28.2 Å². The fraction of sp³-hybridized carbons (Fsp3) is 0.256. The van der Waals surface area contributed by atoms with E-state index in [4.69, 9.17) is 9.82 Å². The van der Waals surface area contributed by atoms with Crippen LogP contribution in [0.2, 0.25) is 0 Å². The van der Waals surface area contributed by atoms with E-state index >= 15 is 0 Å². The van der Waals surface area contributed by atoms with E-state index in [2.05, 4.69) is 82.5 Å². The summed E-state index contributed by atoms with van der Waals surface area (Å²) in [5, 5.41) is 27.4. The van der Waals surface area contributed by atoms with Crippen molar-refractivity contribution in [1.82, 2.24) is 24.8 Å². The molecule has 2 aliphatic rings. The van der Waals surface area contributed by atoms with Crippen molar-refractivity contribution in [2.75, 3.05) is 23.9 Å². The molecule has 1 saturated heterocycles. The number of hydrogen-bond donors (Lipinski definition) is 3. The number of nitrogens with zero attached hydrogens (tertiary/aromatic N) is 5. The van der Waals surface area contributed by atoms with Crippen LogP contribution in [0.4, 0.5) is 5.13 Å². The lowest BCUT2D eigenvalue weighted by molar-refractivity contribution is -0.150. The van der Waals surface area contributed by atoms with E-state index in [9.17, 15) is 19.5 Å². The minimum absolute atomic E-state index is 0.0630. The molecular weight excluding hydrogens is 775 g/mol. The molecule has 3 aromatic carbocycles. The normalized spacial score (nSPS) is 17.3. The van der Waals surface area contributed by atoms with E-state index < -0.39 is 34.7 Å². The van der Waals surface area contributed by atoms with Crippen LogP contribution in [-0.4, -0.2) is 78.1 Å². The first-order valence-corrected chi connectivity index (χ1v) is 20.9. The number of thioether (sulfide) groups is 2. The molecule has 7 rings (SSSR count). The van der Waals surface area contributed by atoms with Gasteiger partial charge in [0.1, 0.15) is 40.5 Å². The summed E-state index contributed by atoms with van der Waals surface area (Å²) in [5.41, 5.74) is 2.60. The van der Waals surface area contributed by atoms with Gasteiger partial charge < -0.3 is 20.6 Å². The number of nitrogens with one attached hydrogen (secondary N) is 2. The zero-order valence-corrected chi connectivity index (χ0v) is 33.5.